The molecular weight excluding hydrogens is 1120 g/mol. The van der Waals surface area contributed by atoms with E-state index in [1.54, 1.807) is 6.07 Å². The number of aliphatic hydroxyl groups is 2. The number of aliphatic carboxylic acids is 3. The number of aryl methyl sites for hydroxylation is 1. The highest BCUT2D eigenvalue weighted by molar-refractivity contribution is 5.98. The van der Waals surface area contributed by atoms with Gasteiger partial charge in [-0.2, -0.15) is 0 Å². The van der Waals surface area contributed by atoms with Gasteiger partial charge < -0.3 is 101 Å². The molecule has 0 radical (unpaired) electrons. The molecule has 4 rings (SSSR count). The van der Waals surface area contributed by atoms with Crippen LogP contribution in [0.1, 0.15) is 107 Å². The molecule has 2 fully saturated rings. The van der Waals surface area contributed by atoms with Crippen molar-refractivity contribution in [2.75, 3.05) is 39.4 Å². The van der Waals surface area contributed by atoms with E-state index in [9.17, 15) is 83.1 Å². The van der Waals surface area contributed by atoms with Gasteiger partial charge in [0.05, 0.1) is 45.6 Å². The van der Waals surface area contributed by atoms with Crippen LogP contribution in [0.4, 0.5) is 0 Å². The average Bonchev–Trinajstić information content (AvgIpc) is 2.07. The zero-order valence-corrected chi connectivity index (χ0v) is 46.8. The molecular formula is C52H78N14O19. The number of carbonyl (C=O) groups is 12. The van der Waals surface area contributed by atoms with Crippen molar-refractivity contribution in [1.82, 2.24) is 42.5 Å². The first kappa shape index (κ1) is 68.6. The van der Waals surface area contributed by atoms with Gasteiger partial charge in [0, 0.05) is 24.9 Å². The summed E-state index contributed by atoms with van der Waals surface area (Å²) < 4.78 is 6.04. The quantitative estimate of drug-likeness (QED) is 0.0132. The maximum absolute atomic E-state index is 13.5. The largest absolute Gasteiger partial charge is 0.508 e. The number of nitrogens with one attached hydrogen (secondary N) is 8. The van der Waals surface area contributed by atoms with Gasteiger partial charge in [0.2, 0.25) is 47.3 Å². The predicted molar refractivity (Wildman–Crippen MR) is 296 cm³/mol. The first-order chi connectivity index (χ1) is 40.1. The molecule has 3 aliphatic carbocycles. The van der Waals surface area contributed by atoms with Gasteiger partial charge in [-0.05, 0) is 105 Å². The highest BCUT2D eigenvalue weighted by Gasteiger charge is 2.56. The topological polar surface area (TPSA) is 560 Å². The SMILES string of the molecule is C[C@]12CC[C@@H]3c4ccc(O)cc4CC[C@H]3[C@@H]1CC[C@@H]2OC(=O)CCC(=O)N[C@@H](CCCN=C(N)N)C(=O)NCC(=O)N[C@@H](CC(=O)O)C(=O)N[C@@H](CO)C(=O)N[C@@H](CCCN=C(N)N)C(=O)NCC(=O)N[C@@H](CC(=O)O)C(=O)N[C@@H](CO)C(=O)O. The highest BCUT2D eigenvalue weighted by atomic mass is 16.5. The fraction of sp³-hybridized carbons (Fsp3) is 0.615. The molecule has 8 amide bonds. The second-order valence-corrected chi connectivity index (χ2v) is 21.2. The molecule has 85 heavy (non-hydrogen) atoms. The Morgan fingerprint density at radius 2 is 1.11 bits per heavy atom. The number of phenolic OH excluding ortho intramolecular Hbond substituents is 1. The van der Waals surface area contributed by atoms with Gasteiger partial charge >= 0.3 is 23.9 Å². The molecule has 1 aromatic carbocycles. The number of aliphatic hydroxyl groups excluding tert-OH is 2. The molecule has 33 nitrogen and oxygen atoms in total. The van der Waals surface area contributed by atoms with Crippen LogP contribution < -0.4 is 65.5 Å². The molecule has 0 aliphatic heterocycles. The number of aromatic hydroxyl groups is 1. The number of nitrogens with zero attached hydrogens (tertiary/aromatic N) is 2. The van der Waals surface area contributed by atoms with E-state index in [0.29, 0.717) is 24.2 Å². The van der Waals surface area contributed by atoms with Gasteiger partial charge in [-0.1, -0.05) is 13.0 Å². The third kappa shape index (κ3) is 21.4. The second-order valence-electron chi connectivity index (χ2n) is 21.2. The lowest BCUT2D eigenvalue weighted by Crippen LogP contribution is -2.59. The van der Waals surface area contributed by atoms with Gasteiger partial charge in [-0.25, -0.2) is 4.79 Å². The number of rotatable bonds is 34. The molecule has 22 N–H and O–H groups in total. The van der Waals surface area contributed by atoms with E-state index in [0.717, 1.165) is 32.1 Å². The summed E-state index contributed by atoms with van der Waals surface area (Å²) in [4.78, 5) is 161. The van der Waals surface area contributed by atoms with Crippen molar-refractivity contribution in [2.24, 2.45) is 50.2 Å². The maximum Gasteiger partial charge on any atom is 0.328 e. The fourth-order valence-electron chi connectivity index (χ4n) is 11.0. The minimum absolute atomic E-state index is 0.0204. The van der Waals surface area contributed by atoms with E-state index in [1.165, 1.54) is 11.1 Å². The van der Waals surface area contributed by atoms with Crippen molar-refractivity contribution in [1.29, 1.82) is 0 Å². The van der Waals surface area contributed by atoms with Crippen molar-refractivity contribution in [3.05, 3.63) is 29.3 Å². The van der Waals surface area contributed by atoms with E-state index < -0.39 is 147 Å². The van der Waals surface area contributed by atoms with Crippen molar-refractivity contribution in [3.8, 4) is 5.75 Å². The minimum Gasteiger partial charge on any atom is -0.508 e. The number of esters is 1. The average molecular weight is 1200 g/mol. The van der Waals surface area contributed by atoms with E-state index in [2.05, 4.69) is 48.8 Å². The maximum atomic E-state index is 13.5. The number of carbonyl (C=O) groups excluding carboxylic acids is 9. The summed E-state index contributed by atoms with van der Waals surface area (Å²) in [6.07, 6.45) is 1.68. The molecule has 0 bridgehead atoms. The smallest absolute Gasteiger partial charge is 0.328 e. The van der Waals surface area contributed by atoms with E-state index >= 15 is 0 Å². The van der Waals surface area contributed by atoms with Crippen LogP contribution in [0.2, 0.25) is 0 Å². The summed E-state index contributed by atoms with van der Waals surface area (Å²) in [5.41, 5.74) is 23.7. The number of hydrogen-bond donors (Lipinski definition) is 18. The monoisotopic (exact) mass is 1200 g/mol. The van der Waals surface area contributed by atoms with Gasteiger partial charge in [0.25, 0.3) is 0 Å². The summed E-state index contributed by atoms with van der Waals surface area (Å²) in [7, 11) is 0. The molecule has 0 saturated heterocycles. The van der Waals surface area contributed by atoms with Crippen LogP contribution in [0.15, 0.2) is 28.2 Å². The molecule has 33 heteroatoms. The number of ether oxygens (including phenoxy) is 1. The Hall–Kier alpha value is -8.88. The lowest BCUT2D eigenvalue weighted by molar-refractivity contribution is -0.158. The molecule has 0 aromatic heterocycles. The Kier molecular flexibility index (Phi) is 26.5. The molecule has 0 spiro atoms. The van der Waals surface area contributed by atoms with E-state index in [-0.39, 0.29) is 80.8 Å². The Labute approximate surface area is 487 Å². The number of guanidine groups is 2. The first-order valence-electron chi connectivity index (χ1n) is 27.5. The zero-order valence-electron chi connectivity index (χ0n) is 46.8. The van der Waals surface area contributed by atoms with Crippen LogP contribution in [-0.4, -0.2) is 195 Å². The molecule has 0 heterocycles. The van der Waals surface area contributed by atoms with Crippen LogP contribution in [0.3, 0.4) is 0 Å². The highest BCUT2D eigenvalue weighted by Crippen LogP contribution is 2.61. The molecule has 11 atom stereocenters. The number of fused-ring (bicyclic) bond motifs is 5. The molecule has 2 saturated carbocycles. The van der Waals surface area contributed by atoms with Gasteiger partial charge in [0.15, 0.2) is 11.9 Å². The standard InChI is InChI=1S/C52H78N14O19/c1-52-15-14-28-27-9-7-26(69)18-25(27)6-8-29(28)30(52)10-11-37(52)85-43(77)13-12-38(70)61-31(4-2-16-57-50(53)54)44(78)59-21-39(71)62-33(19-41(73)74)46(80)65-35(23-67)48(82)64-32(5-3-17-58-51(55)56)45(79)60-22-40(72)63-34(20-42(75)76)47(81)66-36(24-68)49(83)84/h7,9,18,28-37,67-69H,2-6,8,10-17,19-24H2,1H3,(H,59,78)(H,60,79)(H,61,70)(H,62,71)(H,63,72)(H,64,82)(H,65,80)(H,66,81)(H,73,74)(H,75,76)(H,83,84)(H4,53,54,57)(H4,55,56,58)/t28-,29-,30+,31+,32+,33+,34+,35+,36+,37+,52+/m1/s1. The summed E-state index contributed by atoms with van der Waals surface area (Å²) >= 11 is 0. The van der Waals surface area contributed by atoms with Crippen LogP contribution in [0.25, 0.3) is 0 Å². The number of benzene rings is 1. The number of carboxylic acids is 3. The van der Waals surface area contributed by atoms with E-state index in [1.807, 2.05) is 22.8 Å². The Balaban J connectivity index is 1.33. The summed E-state index contributed by atoms with van der Waals surface area (Å²) in [5.74, 6) is -13.7. The third-order valence-corrected chi connectivity index (χ3v) is 15.1. The van der Waals surface area contributed by atoms with Crippen LogP contribution in [0.5, 0.6) is 5.75 Å². The van der Waals surface area contributed by atoms with Crippen LogP contribution in [-0.2, 0) is 68.7 Å². The fourth-order valence-corrected chi connectivity index (χ4v) is 11.0. The summed E-state index contributed by atoms with van der Waals surface area (Å²) in [5, 5.41) is 74.6. The lowest BCUT2D eigenvalue weighted by atomic mass is 9.55. The molecule has 0 unspecified atom stereocenters. The van der Waals surface area contributed by atoms with Gasteiger partial charge in [-0.3, -0.25) is 62.7 Å². The first-order valence-corrected chi connectivity index (χ1v) is 27.5. The second kappa shape index (κ2) is 32.8. The number of nitrogens with two attached hydrogens (primary N) is 4. The summed E-state index contributed by atoms with van der Waals surface area (Å²) in [6.45, 7) is -2.03. The Morgan fingerprint density at radius 3 is 1.61 bits per heavy atom. The zero-order chi connectivity index (χ0) is 63.1. The number of aliphatic imine (C=N–C) groups is 2. The van der Waals surface area contributed by atoms with E-state index in [4.69, 9.17) is 32.8 Å². The number of carboxylic acid groups (broad SMARTS) is 3. The normalized spacial score (nSPS) is 20.3. The van der Waals surface area contributed by atoms with Crippen LogP contribution >= 0.6 is 0 Å². The summed E-state index contributed by atoms with van der Waals surface area (Å²) in [6, 6.07) is -5.00. The predicted octanol–water partition coefficient (Wildman–Crippen LogP) is -5.79. The minimum atomic E-state index is -1.96. The van der Waals surface area contributed by atoms with Crippen molar-refractivity contribution in [3.63, 3.8) is 0 Å². The molecule has 3 aliphatic rings. The van der Waals surface area contributed by atoms with Crippen LogP contribution in [0, 0.1) is 17.3 Å². The number of phenols is 1. The van der Waals surface area contributed by atoms with Gasteiger partial charge in [0.1, 0.15) is 48.1 Å². The number of amides is 8. The van der Waals surface area contributed by atoms with Crippen molar-refractivity contribution >= 4 is 83.1 Å². The van der Waals surface area contributed by atoms with Gasteiger partial charge in [-0.15, -0.1) is 0 Å². The van der Waals surface area contributed by atoms with Crippen molar-refractivity contribution in [2.45, 2.75) is 145 Å². The number of hydrogen-bond acceptors (Lipinski definition) is 18. The lowest BCUT2D eigenvalue weighted by Gasteiger charge is -2.50. The van der Waals surface area contributed by atoms with Crippen molar-refractivity contribution < 1.29 is 92.9 Å². The Morgan fingerprint density at radius 1 is 0.612 bits per heavy atom. The molecule has 1 aromatic rings. The Bertz CT molecular complexity index is 2690. The third-order valence-electron chi connectivity index (χ3n) is 15.1. The molecule has 470 valence electrons.